The molecular weight excluding hydrogens is 254 g/mol. The van der Waals surface area contributed by atoms with Crippen LogP contribution in [-0.2, 0) is 6.54 Å². The maximum Gasteiger partial charge on any atom is 0.274 e. The molecule has 0 unspecified atom stereocenters. The first-order valence-electron chi connectivity index (χ1n) is 6.32. The summed E-state index contributed by atoms with van der Waals surface area (Å²) in [4.78, 5) is 10.6. The summed E-state index contributed by atoms with van der Waals surface area (Å²) in [5.74, 6) is 0. The molecule has 2 rings (SSSR count). The maximum absolute atomic E-state index is 11.0. The van der Waals surface area contributed by atoms with E-state index < -0.39 is 0 Å². The predicted octanol–water partition coefficient (Wildman–Crippen LogP) is 3.41. The number of para-hydroxylation sites is 1. The molecule has 0 aliphatic carbocycles. The van der Waals surface area contributed by atoms with Crippen molar-refractivity contribution in [1.29, 1.82) is 0 Å². The largest absolute Gasteiger partial charge is 0.398 e. The highest BCUT2D eigenvalue weighted by molar-refractivity contribution is 5.61. The summed E-state index contributed by atoms with van der Waals surface area (Å²) in [6.07, 6.45) is 0. The van der Waals surface area contributed by atoms with Crippen molar-refractivity contribution >= 4 is 17.1 Å². The summed E-state index contributed by atoms with van der Waals surface area (Å²) in [6.45, 7) is 4.20. The molecule has 0 fully saturated rings. The number of rotatable bonds is 4. The number of nitrogens with one attached hydrogen (secondary N) is 1. The Hall–Kier alpha value is -2.56. The number of nitro groups is 1. The molecule has 3 N–H and O–H groups in total. The zero-order chi connectivity index (χ0) is 14.7. The number of hydrogen-bond donors (Lipinski definition) is 2. The van der Waals surface area contributed by atoms with Crippen LogP contribution < -0.4 is 11.1 Å². The highest BCUT2D eigenvalue weighted by Gasteiger charge is 2.13. The van der Waals surface area contributed by atoms with Gasteiger partial charge in [0.2, 0.25) is 0 Å². The van der Waals surface area contributed by atoms with E-state index >= 15 is 0 Å². The van der Waals surface area contributed by atoms with E-state index in [9.17, 15) is 10.1 Å². The van der Waals surface area contributed by atoms with Crippen molar-refractivity contribution in [2.45, 2.75) is 20.4 Å². The standard InChI is InChI=1S/C15H17N3O2/c1-10-7-11(2)15(18(19)20)8-14(10)17-9-12-5-3-4-6-13(12)16/h3-8,17H,9,16H2,1-2H3. The monoisotopic (exact) mass is 271 g/mol. The highest BCUT2D eigenvalue weighted by Crippen LogP contribution is 2.27. The minimum Gasteiger partial charge on any atom is -0.398 e. The normalized spacial score (nSPS) is 10.3. The van der Waals surface area contributed by atoms with Gasteiger partial charge in [0, 0.05) is 29.5 Å². The zero-order valence-corrected chi connectivity index (χ0v) is 11.5. The third kappa shape index (κ3) is 2.88. The fraction of sp³-hybridized carbons (Fsp3) is 0.200. The van der Waals surface area contributed by atoms with Crippen molar-refractivity contribution in [3.63, 3.8) is 0 Å². The Bertz CT molecular complexity index is 654. The molecule has 20 heavy (non-hydrogen) atoms. The van der Waals surface area contributed by atoms with Crippen LogP contribution in [0.4, 0.5) is 17.1 Å². The molecule has 2 aromatic rings. The fourth-order valence-corrected chi connectivity index (χ4v) is 2.11. The van der Waals surface area contributed by atoms with Gasteiger partial charge in [-0.25, -0.2) is 0 Å². The molecule has 0 saturated carbocycles. The lowest BCUT2D eigenvalue weighted by atomic mass is 10.1. The van der Waals surface area contributed by atoms with Crippen LogP contribution in [0.25, 0.3) is 0 Å². The Kier molecular flexibility index (Phi) is 3.89. The molecule has 5 heteroatoms. The molecule has 0 atom stereocenters. The molecule has 5 nitrogen and oxygen atoms in total. The van der Waals surface area contributed by atoms with Crippen molar-refractivity contribution in [1.82, 2.24) is 0 Å². The first-order valence-corrected chi connectivity index (χ1v) is 6.32. The van der Waals surface area contributed by atoms with Gasteiger partial charge in [0.15, 0.2) is 0 Å². The molecule has 0 aliphatic rings. The Balaban J connectivity index is 2.24. The molecule has 0 saturated heterocycles. The quantitative estimate of drug-likeness (QED) is 0.507. The van der Waals surface area contributed by atoms with Gasteiger partial charge in [-0.15, -0.1) is 0 Å². The van der Waals surface area contributed by atoms with Crippen molar-refractivity contribution in [3.8, 4) is 0 Å². The average molecular weight is 271 g/mol. The van der Waals surface area contributed by atoms with Crippen LogP contribution in [0.1, 0.15) is 16.7 Å². The molecule has 0 aromatic heterocycles. The lowest BCUT2D eigenvalue weighted by Gasteiger charge is -2.12. The SMILES string of the molecule is Cc1cc(C)c([N+](=O)[O-])cc1NCc1ccccc1N. The highest BCUT2D eigenvalue weighted by atomic mass is 16.6. The summed E-state index contributed by atoms with van der Waals surface area (Å²) in [5.41, 5.74) is 10.1. The van der Waals surface area contributed by atoms with Crippen molar-refractivity contribution in [2.75, 3.05) is 11.1 Å². The van der Waals surface area contributed by atoms with Crippen LogP contribution in [0.3, 0.4) is 0 Å². The summed E-state index contributed by atoms with van der Waals surface area (Å²) in [5, 5.41) is 14.2. The van der Waals surface area contributed by atoms with Gasteiger partial charge < -0.3 is 11.1 Å². The molecule has 0 heterocycles. The lowest BCUT2D eigenvalue weighted by molar-refractivity contribution is -0.385. The Morgan fingerprint density at radius 2 is 1.90 bits per heavy atom. The number of aryl methyl sites for hydroxylation is 2. The maximum atomic E-state index is 11.0. The molecule has 0 bridgehead atoms. The van der Waals surface area contributed by atoms with Gasteiger partial charge in [0.05, 0.1) is 4.92 Å². The van der Waals surface area contributed by atoms with Gasteiger partial charge in [-0.2, -0.15) is 0 Å². The van der Waals surface area contributed by atoms with E-state index in [0.717, 1.165) is 16.8 Å². The van der Waals surface area contributed by atoms with E-state index in [1.54, 1.807) is 13.0 Å². The number of anilines is 2. The summed E-state index contributed by atoms with van der Waals surface area (Å²) in [6, 6.07) is 10.9. The Morgan fingerprint density at radius 3 is 2.55 bits per heavy atom. The van der Waals surface area contributed by atoms with E-state index in [1.165, 1.54) is 0 Å². The minimum atomic E-state index is -0.364. The van der Waals surface area contributed by atoms with Crippen LogP contribution >= 0.6 is 0 Å². The van der Waals surface area contributed by atoms with Crippen LogP contribution in [0.5, 0.6) is 0 Å². The average Bonchev–Trinajstić information content (AvgIpc) is 2.39. The lowest BCUT2D eigenvalue weighted by Crippen LogP contribution is -2.05. The summed E-state index contributed by atoms with van der Waals surface area (Å²) < 4.78 is 0. The Morgan fingerprint density at radius 1 is 1.20 bits per heavy atom. The van der Waals surface area contributed by atoms with Crippen molar-refractivity contribution < 1.29 is 4.92 Å². The van der Waals surface area contributed by atoms with Gasteiger partial charge in [-0.05, 0) is 37.1 Å². The number of hydrogen-bond acceptors (Lipinski definition) is 4. The van der Waals surface area contributed by atoms with E-state index in [4.69, 9.17) is 5.73 Å². The number of nitrogens with zero attached hydrogens (tertiary/aromatic N) is 1. The van der Waals surface area contributed by atoms with E-state index in [1.807, 2.05) is 37.3 Å². The van der Waals surface area contributed by atoms with Crippen LogP contribution in [0.2, 0.25) is 0 Å². The summed E-state index contributed by atoms with van der Waals surface area (Å²) >= 11 is 0. The van der Waals surface area contributed by atoms with Crippen LogP contribution in [0, 0.1) is 24.0 Å². The number of nitrogen functional groups attached to an aromatic ring is 1. The second-order valence-electron chi connectivity index (χ2n) is 4.76. The molecule has 0 aliphatic heterocycles. The molecule has 104 valence electrons. The predicted molar refractivity (Wildman–Crippen MR) is 80.8 cm³/mol. The second kappa shape index (κ2) is 5.61. The first kappa shape index (κ1) is 13.9. The number of nitrogens with two attached hydrogens (primary N) is 1. The van der Waals surface area contributed by atoms with Gasteiger partial charge in [0.25, 0.3) is 5.69 Å². The van der Waals surface area contributed by atoms with Gasteiger partial charge >= 0.3 is 0 Å². The third-order valence-electron chi connectivity index (χ3n) is 3.26. The summed E-state index contributed by atoms with van der Waals surface area (Å²) in [7, 11) is 0. The van der Waals surface area contributed by atoms with E-state index in [0.29, 0.717) is 17.8 Å². The fourth-order valence-electron chi connectivity index (χ4n) is 2.11. The minimum absolute atomic E-state index is 0.124. The van der Waals surface area contributed by atoms with Crippen molar-refractivity contribution in [3.05, 3.63) is 63.2 Å². The van der Waals surface area contributed by atoms with E-state index in [-0.39, 0.29) is 10.6 Å². The molecule has 0 spiro atoms. The smallest absolute Gasteiger partial charge is 0.274 e. The Labute approximate surface area is 117 Å². The molecule has 0 amide bonds. The van der Waals surface area contributed by atoms with Gasteiger partial charge in [-0.3, -0.25) is 10.1 Å². The van der Waals surface area contributed by atoms with E-state index in [2.05, 4.69) is 5.32 Å². The topological polar surface area (TPSA) is 81.2 Å². The second-order valence-corrected chi connectivity index (χ2v) is 4.76. The van der Waals surface area contributed by atoms with Crippen LogP contribution in [-0.4, -0.2) is 4.92 Å². The van der Waals surface area contributed by atoms with Crippen molar-refractivity contribution in [2.24, 2.45) is 0 Å². The first-order chi connectivity index (χ1) is 9.49. The van der Waals surface area contributed by atoms with Gasteiger partial charge in [0.1, 0.15) is 0 Å². The molecule has 0 radical (unpaired) electrons. The molecular formula is C15H17N3O2. The van der Waals surface area contributed by atoms with Gasteiger partial charge in [-0.1, -0.05) is 18.2 Å². The number of benzene rings is 2. The third-order valence-corrected chi connectivity index (χ3v) is 3.26. The number of nitro benzene ring substituents is 1. The molecule has 2 aromatic carbocycles. The zero-order valence-electron chi connectivity index (χ0n) is 11.5. The van der Waals surface area contributed by atoms with Crippen LogP contribution in [0.15, 0.2) is 36.4 Å².